The fraction of sp³-hybridized carbons (Fsp3) is 0.318. The minimum Gasteiger partial charge on any atom is -0.490 e. The molecule has 0 radical (unpaired) electrons. The number of nitro groups is 1. The van der Waals surface area contributed by atoms with E-state index in [4.69, 9.17) is 9.47 Å². The van der Waals surface area contributed by atoms with Gasteiger partial charge in [0.05, 0.1) is 29.3 Å². The second-order valence-corrected chi connectivity index (χ2v) is 7.01. The Hall–Kier alpha value is -4.15. The highest BCUT2D eigenvalue weighted by molar-refractivity contribution is 6.21. The van der Waals surface area contributed by atoms with E-state index in [1.54, 1.807) is 18.2 Å². The molecule has 4 amide bonds. The van der Waals surface area contributed by atoms with Gasteiger partial charge in [0.25, 0.3) is 17.5 Å². The summed E-state index contributed by atoms with van der Waals surface area (Å²) in [6, 6.07) is 8.17. The zero-order valence-corrected chi connectivity index (χ0v) is 18.3. The Bertz CT molecular complexity index is 1090. The number of nitrogens with zero attached hydrogens (tertiary/aromatic N) is 2. The molecule has 0 spiro atoms. The molecule has 0 aromatic heterocycles. The number of benzene rings is 2. The van der Waals surface area contributed by atoms with Crippen LogP contribution in [0.1, 0.15) is 41.0 Å². The van der Waals surface area contributed by atoms with Gasteiger partial charge in [-0.05, 0) is 38.5 Å². The normalized spacial score (nSPS) is 12.4. The largest absolute Gasteiger partial charge is 0.490 e. The molecule has 11 heteroatoms. The van der Waals surface area contributed by atoms with Crippen LogP contribution in [0.5, 0.6) is 11.5 Å². The monoisotopic (exact) mass is 456 g/mol. The number of carbonyl (C=O) groups excluding carboxylic acids is 3. The van der Waals surface area contributed by atoms with Crippen LogP contribution in [0.4, 0.5) is 16.2 Å². The molecule has 2 aromatic carbocycles. The van der Waals surface area contributed by atoms with Crippen molar-refractivity contribution in [3.8, 4) is 11.5 Å². The highest BCUT2D eigenvalue weighted by Crippen LogP contribution is 2.30. The fourth-order valence-corrected chi connectivity index (χ4v) is 3.34. The van der Waals surface area contributed by atoms with Crippen LogP contribution in [0.15, 0.2) is 36.4 Å². The number of carbonyl (C=O) groups is 3. The lowest BCUT2D eigenvalue weighted by atomic mass is 10.1. The highest BCUT2D eigenvalue weighted by Gasteiger charge is 2.36. The van der Waals surface area contributed by atoms with Gasteiger partial charge in [-0.25, -0.2) is 4.79 Å². The van der Waals surface area contributed by atoms with Crippen molar-refractivity contribution in [2.24, 2.45) is 0 Å². The highest BCUT2D eigenvalue weighted by atomic mass is 16.6. The molecule has 11 nitrogen and oxygen atoms in total. The van der Waals surface area contributed by atoms with Gasteiger partial charge >= 0.3 is 6.03 Å². The van der Waals surface area contributed by atoms with Crippen molar-refractivity contribution in [2.75, 3.05) is 31.6 Å². The van der Waals surface area contributed by atoms with Crippen molar-refractivity contribution in [1.29, 1.82) is 0 Å². The average molecular weight is 456 g/mol. The van der Waals surface area contributed by atoms with Gasteiger partial charge in [-0.15, -0.1) is 0 Å². The number of urea groups is 1. The summed E-state index contributed by atoms with van der Waals surface area (Å²) in [6.07, 6.45) is 0.314. The second-order valence-electron chi connectivity index (χ2n) is 7.01. The predicted octanol–water partition coefficient (Wildman–Crippen LogP) is 3.20. The summed E-state index contributed by atoms with van der Waals surface area (Å²) >= 11 is 0. The van der Waals surface area contributed by atoms with E-state index >= 15 is 0 Å². The first-order chi connectivity index (χ1) is 15.8. The Morgan fingerprint density at radius 3 is 2.39 bits per heavy atom. The number of nitrogens with one attached hydrogen (secondary N) is 2. The molecule has 33 heavy (non-hydrogen) atoms. The number of nitro benzene ring substituents is 1. The van der Waals surface area contributed by atoms with Crippen LogP contribution in [0.25, 0.3) is 0 Å². The van der Waals surface area contributed by atoms with E-state index in [0.29, 0.717) is 36.8 Å². The third-order valence-corrected chi connectivity index (χ3v) is 4.81. The summed E-state index contributed by atoms with van der Waals surface area (Å²) in [5.41, 5.74) is 0.413. The van der Waals surface area contributed by atoms with Gasteiger partial charge in [0.1, 0.15) is 0 Å². The van der Waals surface area contributed by atoms with E-state index in [0.717, 1.165) is 11.0 Å². The second kappa shape index (κ2) is 10.4. The fourth-order valence-electron chi connectivity index (χ4n) is 3.34. The maximum atomic E-state index is 12.5. The number of rotatable bonds is 10. The molecule has 0 unspecified atom stereocenters. The molecule has 174 valence electrons. The first kappa shape index (κ1) is 23.5. The zero-order valence-electron chi connectivity index (χ0n) is 18.3. The Balaban J connectivity index is 1.50. The summed E-state index contributed by atoms with van der Waals surface area (Å²) in [5, 5.41) is 16.3. The van der Waals surface area contributed by atoms with E-state index in [1.807, 2.05) is 13.8 Å². The van der Waals surface area contributed by atoms with Crippen molar-refractivity contribution < 1.29 is 28.8 Å². The third-order valence-electron chi connectivity index (χ3n) is 4.81. The summed E-state index contributed by atoms with van der Waals surface area (Å²) in [4.78, 5) is 48.4. The maximum absolute atomic E-state index is 12.5. The minimum atomic E-state index is -0.620. The van der Waals surface area contributed by atoms with Crippen molar-refractivity contribution in [1.82, 2.24) is 10.2 Å². The molecule has 1 heterocycles. The smallest absolute Gasteiger partial charge is 0.319 e. The number of non-ortho nitro benzene ring substituents is 1. The van der Waals surface area contributed by atoms with E-state index in [1.165, 1.54) is 12.1 Å². The summed E-state index contributed by atoms with van der Waals surface area (Å²) in [7, 11) is 0. The van der Waals surface area contributed by atoms with Gasteiger partial charge in [0.15, 0.2) is 11.5 Å². The molecular weight excluding hydrogens is 432 g/mol. The molecule has 0 atom stereocenters. The van der Waals surface area contributed by atoms with Gasteiger partial charge in [-0.1, -0.05) is 0 Å². The van der Waals surface area contributed by atoms with Gasteiger partial charge in [0.2, 0.25) is 0 Å². The molecule has 0 aliphatic carbocycles. The maximum Gasteiger partial charge on any atom is 0.319 e. The van der Waals surface area contributed by atoms with Crippen LogP contribution in [-0.2, 0) is 0 Å². The Kier molecular flexibility index (Phi) is 7.44. The quantitative estimate of drug-likeness (QED) is 0.242. The lowest BCUT2D eigenvalue weighted by Gasteiger charge is -2.15. The van der Waals surface area contributed by atoms with Crippen LogP contribution in [-0.4, -0.2) is 54.0 Å². The zero-order chi connectivity index (χ0) is 24.0. The first-order valence-electron chi connectivity index (χ1n) is 10.4. The van der Waals surface area contributed by atoms with E-state index in [-0.39, 0.29) is 29.9 Å². The van der Waals surface area contributed by atoms with Crippen LogP contribution in [0.3, 0.4) is 0 Å². The molecule has 3 rings (SSSR count). The molecule has 1 aliphatic heterocycles. The summed E-state index contributed by atoms with van der Waals surface area (Å²) in [6.45, 7) is 4.91. The molecule has 0 saturated carbocycles. The van der Waals surface area contributed by atoms with E-state index < -0.39 is 22.8 Å². The lowest BCUT2D eigenvalue weighted by Crippen LogP contribution is -2.35. The minimum absolute atomic E-state index is 0.0144. The average Bonchev–Trinajstić information content (AvgIpc) is 3.02. The summed E-state index contributed by atoms with van der Waals surface area (Å²) < 4.78 is 11.0. The van der Waals surface area contributed by atoms with Crippen molar-refractivity contribution in [3.63, 3.8) is 0 Å². The number of hydrogen-bond acceptors (Lipinski definition) is 7. The number of imide groups is 1. The van der Waals surface area contributed by atoms with Crippen molar-refractivity contribution >= 4 is 29.2 Å². The number of amides is 4. The predicted molar refractivity (Wildman–Crippen MR) is 119 cm³/mol. The lowest BCUT2D eigenvalue weighted by molar-refractivity contribution is -0.384. The summed E-state index contributed by atoms with van der Waals surface area (Å²) in [5.74, 6) is 0.00720. The van der Waals surface area contributed by atoms with Crippen molar-refractivity contribution in [3.05, 3.63) is 57.6 Å². The molecule has 2 aromatic rings. The standard InChI is InChI=1S/C22H24N4O7/c1-3-32-18-9-6-14(12-19(18)33-4-2)24-22(29)23-10-5-11-25-20(27)16-8-7-15(26(30)31)13-17(16)21(25)28/h6-9,12-13H,3-5,10-11H2,1-2H3,(H2,23,24,29). The van der Waals surface area contributed by atoms with E-state index in [9.17, 15) is 24.5 Å². The first-order valence-corrected chi connectivity index (χ1v) is 10.4. The van der Waals surface area contributed by atoms with E-state index in [2.05, 4.69) is 10.6 Å². The number of anilines is 1. The van der Waals surface area contributed by atoms with Gasteiger partial charge < -0.3 is 20.1 Å². The van der Waals surface area contributed by atoms with Gasteiger partial charge in [-0.2, -0.15) is 0 Å². The molecular formula is C22H24N4O7. The Morgan fingerprint density at radius 1 is 1.00 bits per heavy atom. The topological polar surface area (TPSA) is 140 Å². The van der Waals surface area contributed by atoms with Gasteiger partial charge in [0, 0.05) is 37.0 Å². The number of fused-ring (bicyclic) bond motifs is 1. The molecule has 0 bridgehead atoms. The van der Waals surface area contributed by atoms with Crippen LogP contribution < -0.4 is 20.1 Å². The van der Waals surface area contributed by atoms with Crippen LogP contribution >= 0.6 is 0 Å². The Labute approximate surface area is 189 Å². The van der Waals surface area contributed by atoms with Crippen LogP contribution in [0, 0.1) is 10.1 Å². The Morgan fingerprint density at radius 2 is 1.70 bits per heavy atom. The van der Waals surface area contributed by atoms with Gasteiger partial charge in [-0.3, -0.25) is 24.6 Å². The SMILES string of the molecule is CCOc1ccc(NC(=O)NCCCN2C(=O)c3ccc([N+](=O)[O-])cc3C2=O)cc1OCC. The molecule has 2 N–H and O–H groups in total. The van der Waals surface area contributed by atoms with Crippen LogP contribution in [0.2, 0.25) is 0 Å². The molecule has 1 aliphatic rings. The third kappa shape index (κ3) is 5.37. The van der Waals surface area contributed by atoms with Crippen molar-refractivity contribution in [2.45, 2.75) is 20.3 Å². The molecule has 0 fully saturated rings. The number of hydrogen-bond donors (Lipinski definition) is 2. The number of ether oxygens (including phenoxy) is 2. The molecule has 0 saturated heterocycles.